The largest absolute Gasteiger partial charge is 0.465 e. The van der Waals surface area contributed by atoms with Crippen molar-refractivity contribution in [3.05, 3.63) is 111 Å². The maximum Gasteiger partial charge on any atom is 0.323 e. The highest BCUT2D eigenvalue weighted by molar-refractivity contribution is 6.31. The highest BCUT2D eigenvalue weighted by Gasteiger charge is 2.69. The number of fused-ring (bicyclic) bond motifs is 1. The van der Waals surface area contributed by atoms with Gasteiger partial charge >= 0.3 is 5.97 Å². The Bertz CT molecular complexity index is 1440. The zero-order valence-corrected chi connectivity index (χ0v) is 19.4. The molecule has 1 N–H and O–H groups in total. The minimum absolute atomic E-state index is 0.0244. The summed E-state index contributed by atoms with van der Waals surface area (Å²) in [5.74, 6) is -5.34. The van der Waals surface area contributed by atoms with Crippen molar-refractivity contribution in [1.82, 2.24) is 5.32 Å². The van der Waals surface area contributed by atoms with E-state index in [-0.39, 0.29) is 34.5 Å². The molecule has 8 nitrogen and oxygen atoms in total. The quantitative estimate of drug-likeness (QED) is 0.237. The van der Waals surface area contributed by atoms with E-state index in [4.69, 9.17) is 4.74 Å². The molecule has 1 aliphatic carbocycles. The van der Waals surface area contributed by atoms with Crippen LogP contribution in [0, 0.1) is 27.2 Å². The van der Waals surface area contributed by atoms with Gasteiger partial charge in [-0.15, -0.1) is 0 Å². The number of hydrogen-bond donors (Lipinski definition) is 1. The summed E-state index contributed by atoms with van der Waals surface area (Å²) in [4.78, 5) is 52.5. The Balaban J connectivity index is 1.83. The molecule has 3 atom stereocenters. The number of Topliss-reactive ketones (excluding diaryl/α,β-unsaturated/α-hetero) is 2. The second kappa shape index (κ2) is 8.97. The maximum atomic E-state index is 15.2. The fraction of sp³-hybridized carbons (Fsp3) is 0.222. The van der Waals surface area contributed by atoms with Gasteiger partial charge in [0.15, 0.2) is 11.6 Å². The zero-order valence-electron chi connectivity index (χ0n) is 19.4. The number of halogens is 2. The van der Waals surface area contributed by atoms with Crippen molar-refractivity contribution in [3.63, 3.8) is 0 Å². The Hall–Kier alpha value is -4.31. The van der Waals surface area contributed by atoms with Crippen molar-refractivity contribution in [3.8, 4) is 0 Å². The number of nitrogens with one attached hydrogen (secondary N) is 1. The number of rotatable bonds is 5. The molecule has 1 aliphatic heterocycles. The van der Waals surface area contributed by atoms with Crippen molar-refractivity contribution in [2.75, 3.05) is 6.61 Å². The van der Waals surface area contributed by atoms with Crippen LogP contribution in [0.2, 0.25) is 0 Å². The summed E-state index contributed by atoms with van der Waals surface area (Å²) in [6.45, 7) is 1.55. The van der Waals surface area contributed by atoms with Gasteiger partial charge < -0.3 is 4.74 Å². The average molecular weight is 506 g/mol. The molecule has 1 saturated heterocycles. The summed E-state index contributed by atoms with van der Waals surface area (Å²) in [5.41, 5.74) is -2.29. The number of nitrogens with zero attached hydrogens (tertiary/aromatic N) is 1. The summed E-state index contributed by atoms with van der Waals surface area (Å²) >= 11 is 0. The molecule has 0 saturated carbocycles. The van der Waals surface area contributed by atoms with E-state index in [2.05, 4.69) is 5.32 Å². The van der Waals surface area contributed by atoms with Gasteiger partial charge in [-0.3, -0.25) is 29.8 Å². The maximum absolute atomic E-state index is 15.2. The van der Waals surface area contributed by atoms with Crippen molar-refractivity contribution >= 4 is 23.2 Å². The van der Waals surface area contributed by atoms with Gasteiger partial charge in [-0.05, 0) is 18.6 Å². The smallest absolute Gasteiger partial charge is 0.323 e. The molecule has 188 valence electrons. The third-order valence-corrected chi connectivity index (χ3v) is 7.05. The van der Waals surface area contributed by atoms with Gasteiger partial charge in [0.25, 0.3) is 5.69 Å². The van der Waals surface area contributed by atoms with Crippen molar-refractivity contribution in [1.29, 1.82) is 0 Å². The molecular weight excluding hydrogens is 486 g/mol. The van der Waals surface area contributed by atoms with E-state index in [1.54, 1.807) is 19.1 Å². The number of nitro benzene ring substituents is 1. The molecule has 0 amide bonds. The average Bonchev–Trinajstić information content (AvgIpc) is 3.34. The zero-order chi connectivity index (χ0) is 26.5. The molecule has 5 rings (SSSR count). The van der Waals surface area contributed by atoms with Crippen LogP contribution in [-0.4, -0.2) is 35.1 Å². The molecule has 37 heavy (non-hydrogen) atoms. The van der Waals surface area contributed by atoms with Gasteiger partial charge in [-0.2, -0.15) is 0 Å². The van der Waals surface area contributed by atoms with E-state index in [9.17, 15) is 28.9 Å². The Morgan fingerprint density at radius 2 is 1.70 bits per heavy atom. The van der Waals surface area contributed by atoms with E-state index in [0.717, 1.165) is 12.1 Å². The number of benzene rings is 3. The Morgan fingerprint density at radius 3 is 2.30 bits per heavy atom. The Morgan fingerprint density at radius 1 is 1.03 bits per heavy atom. The fourth-order valence-electron chi connectivity index (χ4n) is 5.62. The normalized spacial score (nSPS) is 21.8. The molecule has 1 fully saturated rings. The van der Waals surface area contributed by atoms with E-state index in [1.165, 1.54) is 36.4 Å². The lowest BCUT2D eigenvalue weighted by Crippen LogP contribution is -2.43. The Kier molecular flexibility index (Phi) is 5.91. The van der Waals surface area contributed by atoms with Gasteiger partial charge in [-0.25, -0.2) is 8.78 Å². The first-order chi connectivity index (χ1) is 17.7. The highest BCUT2D eigenvalue weighted by Crippen LogP contribution is 2.60. The van der Waals surface area contributed by atoms with Crippen LogP contribution in [-0.2, 0) is 9.53 Å². The topological polar surface area (TPSA) is 116 Å². The molecule has 1 spiro atoms. The molecule has 0 radical (unpaired) electrons. The van der Waals surface area contributed by atoms with Crippen molar-refractivity contribution < 1.29 is 32.8 Å². The van der Waals surface area contributed by atoms with Crippen LogP contribution in [0.1, 0.15) is 50.7 Å². The lowest BCUT2D eigenvalue weighted by Gasteiger charge is -2.33. The van der Waals surface area contributed by atoms with Gasteiger partial charge in [0.2, 0.25) is 0 Å². The van der Waals surface area contributed by atoms with E-state index in [1.807, 2.05) is 0 Å². The van der Waals surface area contributed by atoms with Gasteiger partial charge in [-0.1, -0.05) is 42.5 Å². The number of carbonyl (C=O) groups is 3. The molecule has 0 aromatic heterocycles. The standard InChI is InChI=1S/C27H20F2N2O6/c1-2-37-26(34)22-21(14-6-5-7-16(12-14)31(35)36)27(23(30-22)19-11-10-15(28)13-20(19)29)24(32)17-8-3-4-9-18(17)25(27)33/h3-13,21-23,30H,2H2,1H3/t21-,22+,23-/m0/s1. The van der Waals surface area contributed by atoms with Crippen LogP contribution in [0.25, 0.3) is 0 Å². The first kappa shape index (κ1) is 24.4. The minimum Gasteiger partial charge on any atom is -0.465 e. The minimum atomic E-state index is -2.10. The van der Waals surface area contributed by atoms with Crippen LogP contribution < -0.4 is 5.32 Å². The van der Waals surface area contributed by atoms with Crippen LogP contribution in [0.3, 0.4) is 0 Å². The summed E-state index contributed by atoms with van der Waals surface area (Å²) in [7, 11) is 0. The van der Waals surface area contributed by atoms with Gasteiger partial charge in [0.1, 0.15) is 23.1 Å². The first-order valence-electron chi connectivity index (χ1n) is 11.5. The van der Waals surface area contributed by atoms with Crippen molar-refractivity contribution in [2.45, 2.75) is 24.9 Å². The van der Waals surface area contributed by atoms with Crippen LogP contribution in [0.5, 0.6) is 0 Å². The third kappa shape index (κ3) is 3.55. The van der Waals surface area contributed by atoms with E-state index < -0.39 is 57.5 Å². The number of nitro groups is 1. The van der Waals surface area contributed by atoms with E-state index >= 15 is 4.39 Å². The van der Waals surface area contributed by atoms with E-state index in [0.29, 0.717) is 6.07 Å². The number of non-ortho nitro benzene ring substituents is 1. The van der Waals surface area contributed by atoms with Crippen LogP contribution in [0.15, 0.2) is 66.7 Å². The van der Waals surface area contributed by atoms with Gasteiger partial charge in [0, 0.05) is 40.8 Å². The number of ether oxygens (including phenoxy) is 1. The number of carbonyl (C=O) groups excluding carboxylic acids is 3. The molecule has 0 unspecified atom stereocenters. The molecule has 10 heteroatoms. The molecule has 2 aliphatic rings. The number of hydrogen-bond acceptors (Lipinski definition) is 7. The first-order valence-corrected chi connectivity index (χ1v) is 11.5. The monoisotopic (exact) mass is 506 g/mol. The highest BCUT2D eigenvalue weighted by atomic mass is 19.1. The summed E-state index contributed by atoms with van der Waals surface area (Å²) in [6.07, 6.45) is 0. The molecule has 0 bridgehead atoms. The van der Waals surface area contributed by atoms with Gasteiger partial charge in [0.05, 0.1) is 17.6 Å². The predicted octanol–water partition coefficient (Wildman–Crippen LogP) is 4.30. The lowest BCUT2D eigenvalue weighted by atomic mass is 9.63. The Labute approximate surface area is 209 Å². The number of ketones is 2. The molecule has 3 aromatic rings. The third-order valence-electron chi connectivity index (χ3n) is 7.05. The predicted molar refractivity (Wildman–Crippen MR) is 126 cm³/mol. The van der Waals surface area contributed by atoms with Crippen LogP contribution >= 0.6 is 0 Å². The SMILES string of the molecule is CCOC(=O)[C@@H]1N[C@@H](c2ccc(F)cc2F)C2(C(=O)c3ccccc3C2=O)[C@H]1c1cccc([N+](=O)[O-])c1. The number of esters is 1. The van der Waals surface area contributed by atoms with Crippen molar-refractivity contribution in [2.24, 2.45) is 5.41 Å². The van der Waals surface area contributed by atoms with Crippen LogP contribution in [0.4, 0.5) is 14.5 Å². The second-order valence-corrected chi connectivity index (χ2v) is 8.90. The lowest BCUT2D eigenvalue weighted by molar-refractivity contribution is -0.384. The summed E-state index contributed by atoms with van der Waals surface area (Å²) in [6, 6.07) is 11.3. The molecular formula is C27H20F2N2O6. The summed E-state index contributed by atoms with van der Waals surface area (Å²) < 4.78 is 34.2. The molecule has 1 heterocycles. The fourth-order valence-corrected chi connectivity index (χ4v) is 5.62. The molecule has 3 aromatic carbocycles. The second-order valence-electron chi connectivity index (χ2n) is 8.90. The summed E-state index contributed by atoms with van der Waals surface area (Å²) in [5, 5.41) is 14.5.